The maximum Gasteiger partial charge on any atom is 0.417 e. The normalized spacial score (nSPS) is 17.0. The Balaban J connectivity index is 2.53. The third-order valence-corrected chi connectivity index (χ3v) is 5.63. The highest BCUT2D eigenvalue weighted by atomic mass is 35.5. The summed E-state index contributed by atoms with van der Waals surface area (Å²) in [7, 11) is -4.23. The summed E-state index contributed by atoms with van der Waals surface area (Å²) in [5.41, 5.74) is -1.24. The second kappa shape index (κ2) is 5.75. The highest BCUT2D eigenvalue weighted by molar-refractivity contribution is 7.89. The van der Waals surface area contributed by atoms with Crippen molar-refractivity contribution in [1.29, 1.82) is 0 Å². The number of alkyl halides is 3. The molecule has 0 bridgehead atoms. The second-order valence-electron chi connectivity index (χ2n) is 4.66. The van der Waals surface area contributed by atoms with Crippen molar-refractivity contribution in [1.82, 2.24) is 9.62 Å². The van der Waals surface area contributed by atoms with Gasteiger partial charge >= 0.3 is 6.18 Å². The fourth-order valence-electron chi connectivity index (χ4n) is 2.18. The number of benzene rings is 1. The van der Waals surface area contributed by atoms with E-state index >= 15 is 0 Å². The number of rotatable bonds is 4. The molecule has 1 aliphatic heterocycles. The Kier molecular flexibility index (Phi) is 4.53. The predicted octanol–water partition coefficient (Wildman–Crippen LogP) is 2.34. The van der Waals surface area contributed by atoms with Crippen LogP contribution in [0, 0.1) is 0 Å². The van der Waals surface area contributed by atoms with Crippen LogP contribution in [0.3, 0.4) is 0 Å². The lowest BCUT2D eigenvalue weighted by atomic mass is 10.2. The SMILES string of the molecule is CCN(C1CNC1)S(=O)(=O)c1ccc(Cl)cc1C(F)(F)F. The van der Waals surface area contributed by atoms with Gasteiger partial charge in [0, 0.05) is 30.7 Å². The minimum atomic E-state index is -4.79. The molecule has 1 N–H and O–H groups in total. The summed E-state index contributed by atoms with van der Waals surface area (Å²) in [4.78, 5) is -0.756. The van der Waals surface area contributed by atoms with Crippen molar-refractivity contribution >= 4 is 21.6 Å². The molecule has 9 heteroatoms. The van der Waals surface area contributed by atoms with E-state index in [1.807, 2.05) is 0 Å². The van der Waals surface area contributed by atoms with Gasteiger partial charge in [-0.15, -0.1) is 0 Å². The number of halogens is 4. The van der Waals surface area contributed by atoms with Gasteiger partial charge < -0.3 is 5.32 Å². The minimum absolute atomic E-state index is 0.106. The molecule has 1 aromatic carbocycles. The largest absolute Gasteiger partial charge is 0.417 e. The number of nitrogens with one attached hydrogen (secondary N) is 1. The summed E-state index contributed by atoms with van der Waals surface area (Å²) in [5.74, 6) is 0. The molecule has 0 radical (unpaired) electrons. The molecule has 0 aromatic heterocycles. The Morgan fingerprint density at radius 2 is 2.00 bits per heavy atom. The minimum Gasteiger partial charge on any atom is -0.313 e. The number of nitrogens with zero attached hydrogens (tertiary/aromatic N) is 1. The summed E-state index contributed by atoms with van der Waals surface area (Å²) in [5, 5.41) is 2.75. The van der Waals surface area contributed by atoms with Crippen LogP contribution >= 0.6 is 11.6 Å². The van der Waals surface area contributed by atoms with Gasteiger partial charge in [0.25, 0.3) is 0 Å². The van der Waals surface area contributed by atoms with Crippen LogP contribution in [-0.2, 0) is 16.2 Å². The zero-order valence-electron chi connectivity index (χ0n) is 11.1. The maximum atomic E-state index is 13.1. The van der Waals surface area contributed by atoms with Crippen molar-refractivity contribution in [3.63, 3.8) is 0 Å². The van der Waals surface area contributed by atoms with Crippen molar-refractivity contribution in [2.24, 2.45) is 0 Å². The van der Waals surface area contributed by atoms with E-state index in [0.29, 0.717) is 19.2 Å². The second-order valence-corrected chi connectivity index (χ2v) is 6.95. The standard InChI is InChI=1S/C12H14ClF3N2O2S/c1-2-18(9-6-17-7-9)21(19,20)11-4-3-8(13)5-10(11)12(14,15)16/h3-5,9,17H,2,6-7H2,1H3. The number of likely N-dealkylation sites (N-methyl/N-ethyl adjacent to an activating group) is 1. The van der Waals surface area contributed by atoms with Gasteiger partial charge in [0.05, 0.1) is 10.5 Å². The van der Waals surface area contributed by atoms with Gasteiger partial charge in [0.1, 0.15) is 0 Å². The lowest BCUT2D eigenvalue weighted by Crippen LogP contribution is -2.58. The highest BCUT2D eigenvalue weighted by Crippen LogP contribution is 2.37. The molecule has 0 atom stereocenters. The Labute approximate surface area is 125 Å². The first kappa shape index (κ1) is 16.5. The van der Waals surface area contributed by atoms with E-state index in [-0.39, 0.29) is 17.6 Å². The number of hydrogen-bond acceptors (Lipinski definition) is 3. The molecule has 118 valence electrons. The smallest absolute Gasteiger partial charge is 0.313 e. The topological polar surface area (TPSA) is 49.4 Å². The highest BCUT2D eigenvalue weighted by Gasteiger charge is 2.41. The van der Waals surface area contributed by atoms with Crippen LogP contribution in [0.1, 0.15) is 12.5 Å². The fraction of sp³-hybridized carbons (Fsp3) is 0.500. The molecule has 0 saturated carbocycles. The van der Waals surface area contributed by atoms with Crippen molar-refractivity contribution in [3.05, 3.63) is 28.8 Å². The first-order valence-electron chi connectivity index (χ1n) is 6.27. The zero-order chi connectivity index (χ0) is 15.8. The van der Waals surface area contributed by atoms with Crippen LogP contribution in [0.15, 0.2) is 23.1 Å². The summed E-state index contributed by atoms with van der Waals surface area (Å²) in [6, 6.07) is 2.38. The summed E-state index contributed by atoms with van der Waals surface area (Å²) >= 11 is 5.57. The van der Waals surface area contributed by atoms with Gasteiger partial charge in [0.2, 0.25) is 10.0 Å². The van der Waals surface area contributed by atoms with Crippen LogP contribution in [-0.4, -0.2) is 38.4 Å². The van der Waals surface area contributed by atoms with Crippen LogP contribution in [0.4, 0.5) is 13.2 Å². The van der Waals surface area contributed by atoms with E-state index in [2.05, 4.69) is 5.32 Å². The molecule has 1 aliphatic rings. The molecule has 1 saturated heterocycles. The van der Waals surface area contributed by atoms with Crippen LogP contribution < -0.4 is 5.32 Å². The van der Waals surface area contributed by atoms with E-state index in [9.17, 15) is 21.6 Å². The average Bonchev–Trinajstić information content (AvgIpc) is 2.31. The van der Waals surface area contributed by atoms with E-state index in [4.69, 9.17) is 11.6 Å². The lowest BCUT2D eigenvalue weighted by molar-refractivity contribution is -0.139. The Morgan fingerprint density at radius 3 is 2.43 bits per heavy atom. The predicted molar refractivity (Wildman–Crippen MR) is 72.7 cm³/mol. The molecule has 0 spiro atoms. The Bertz CT molecular complexity index is 630. The van der Waals surface area contributed by atoms with Crippen molar-refractivity contribution < 1.29 is 21.6 Å². The van der Waals surface area contributed by atoms with Gasteiger partial charge in [-0.05, 0) is 18.2 Å². The fourth-order valence-corrected chi connectivity index (χ4v) is 4.18. The van der Waals surface area contributed by atoms with E-state index < -0.39 is 26.7 Å². The third-order valence-electron chi connectivity index (χ3n) is 3.31. The van der Waals surface area contributed by atoms with Crippen LogP contribution in [0.5, 0.6) is 0 Å². The van der Waals surface area contributed by atoms with E-state index in [1.54, 1.807) is 6.92 Å². The molecule has 0 aliphatic carbocycles. The van der Waals surface area contributed by atoms with Gasteiger partial charge in [-0.25, -0.2) is 8.42 Å². The zero-order valence-corrected chi connectivity index (χ0v) is 12.7. The molecular formula is C12H14ClF3N2O2S. The van der Waals surface area contributed by atoms with Crippen molar-refractivity contribution in [2.75, 3.05) is 19.6 Å². The Morgan fingerprint density at radius 1 is 1.38 bits per heavy atom. The third kappa shape index (κ3) is 3.18. The van der Waals surface area contributed by atoms with Crippen LogP contribution in [0.2, 0.25) is 5.02 Å². The molecule has 1 heterocycles. The molecule has 2 rings (SSSR count). The first-order valence-corrected chi connectivity index (χ1v) is 8.09. The van der Waals surface area contributed by atoms with E-state index in [0.717, 1.165) is 16.4 Å². The van der Waals surface area contributed by atoms with Gasteiger partial charge in [-0.3, -0.25) is 0 Å². The number of sulfonamides is 1. The number of hydrogen-bond donors (Lipinski definition) is 1. The van der Waals surface area contributed by atoms with Gasteiger partial charge in [0.15, 0.2) is 0 Å². The quantitative estimate of drug-likeness (QED) is 0.913. The van der Waals surface area contributed by atoms with Crippen LogP contribution in [0.25, 0.3) is 0 Å². The molecule has 1 fully saturated rings. The van der Waals surface area contributed by atoms with E-state index in [1.165, 1.54) is 0 Å². The molecule has 4 nitrogen and oxygen atoms in total. The molecule has 1 aromatic rings. The molecule has 0 amide bonds. The van der Waals surface area contributed by atoms with Crippen molar-refractivity contribution in [3.8, 4) is 0 Å². The average molecular weight is 343 g/mol. The monoisotopic (exact) mass is 342 g/mol. The summed E-state index contributed by atoms with van der Waals surface area (Å²) in [6.45, 7) is 2.57. The van der Waals surface area contributed by atoms with Crippen molar-refractivity contribution in [2.45, 2.75) is 24.0 Å². The lowest BCUT2D eigenvalue weighted by Gasteiger charge is -2.37. The molecular weight excluding hydrogens is 329 g/mol. The van der Waals surface area contributed by atoms with Gasteiger partial charge in [-0.1, -0.05) is 18.5 Å². The first-order chi connectivity index (χ1) is 9.67. The molecule has 21 heavy (non-hydrogen) atoms. The summed E-state index contributed by atoms with van der Waals surface area (Å²) < 4.78 is 65.4. The maximum absolute atomic E-state index is 13.1. The summed E-state index contributed by atoms with van der Waals surface area (Å²) in [6.07, 6.45) is -4.79. The van der Waals surface area contributed by atoms with Gasteiger partial charge in [-0.2, -0.15) is 17.5 Å². The molecule has 0 unspecified atom stereocenters. The Hall–Kier alpha value is -0.830.